The summed E-state index contributed by atoms with van der Waals surface area (Å²) >= 11 is 0. The molecule has 0 unspecified atom stereocenters. The average Bonchev–Trinajstić information content (AvgIpc) is 2.29. The molecule has 0 radical (unpaired) electrons. The smallest absolute Gasteiger partial charge is 0.307 e. The maximum atomic E-state index is 10.9. The fourth-order valence-corrected chi connectivity index (χ4v) is 1.76. The van der Waals surface area contributed by atoms with Crippen LogP contribution < -0.4 is 0 Å². The summed E-state index contributed by atoms with van der Waals surface area (Å²) in [4.78, 5) is 10.9. The summed E-state index contributed by atoms with van der Waals surface area (Å²) in [6.07, 6.45) is 12.7. The van der Waals surface area contributed by atoms with E-state index in [2.05, 4.69) is 19.9 Å². The number of hydrogen-bond acceptors (Lipinski definition) is 2. The first kappa shape index (κ1) is 16.2. The minimum atomic E-state index is -0.196. The number of allylic oxidation sites excluding steroid dienone is 2. The lowest BCUT2D eigenvalue weighted by atomic mass is 10.1. The first-order chi connectivity index (χ1) is 8.20. The molecule has 0 heterocycles. The van der Waals surface area contributed by atoms with Gasteiger partial charge in [0, 0.05) is 13.3 Å². The van der Waals surface area contributed by atoms with Crippen LogP contribution in [0.1, 0.15) is 78.6 Å². The summed E-state index contributed by atoms with van der Waals surface area (Å²) in [5.41, 5.74) is 0. The van der Waals surface area contributed by atoms with Crippen molar-refractivity contribution in [2.24, 2.45) is 0 Å². The van der Waals surface area contributed by atoms with Crippen molar-refractivity contribution in [2.75, 3.05) is 0 Å². The molecule has 0 saturated carbocycles. The lowest BCUT2D eigenvalue weighted by Gasteiger charge is -2.07. The van der Waals surface area contributed by atoms with Gasteiger partial charge >= 0.3 is 5.97 Å². The third kappa shape index (κ3) is 11.5. The average molecular weight is 240 g/mol. The molecule has 0 saturated heterocycles. The predicted molar refractivity (Wildman–Crippen MR) is 72.8 cm³/mol. The van der Waals surface area contributed by atoms with Gasteiger partial charge in [-0.3, -0.25) is 4.79 Å². The van der Waals surface area contributed by atoms with E-state index in [1.807, 2.05) is 0 Å². The van der Waals surface area contributed by atoms with E-state index in [4.69, 9.17) is 4.74 Å². The third-order valence-corrected chi connectivity index (χ3v) is 2.71. The van der Waals surface area contributed by atoms with E-state index >= 15 is 0 Å². The van der Waals surface area contributed by atoms with E-state index in [9.17, 15) is 4.79 Å². The van der Waals surface area contributed by atoms with Gasteiger partial charge < -0.3 is 4.74 Å². The van der Waals surface area contributed by atoms with Gasteiger partial charge in [0.05, 0.1) is 0 Å². The van der Waals surface area contributed by atoms with E-state index in [0.29, 0.717) is 0 Å². The molecule has 2 nitrogen and oxygen atoms in total. The minimum Gasteiger partial charge on any atom is -0.432 e. The van der Waals surface area contributed by atoms with E-state index < -0.39 is 0 Å². The summed E-state index contributed by atoms with van der Waals surface area (Å²) in [5, 5.41) is 0. The van der Waals surface area contributed by atoms with Crippen LogP contribution in [0, 0.1) is 0 Å². The second kappa shape index (κ2) is 11.7. The lowest BCUT2D eigenvalue weighted by molar-refractivity contribution is -0.137. The van der Waals surface area contributed by atoms with Crippen LogP contribution in [0.5, 0.6) is 0 Å². The van der Waals surface area contributed by atoms with Gasteiger partial charge in [0.2, 0.25) is 0 Å². The Morgan fingerprint density at radius 1 is 1.00 bits per heavy atom. The van der Waals surface area contributed by atoms with Crippen molar-refractivity contribution in [1.29, 1.82) is 0 Å². The van der Waals surface area contributed by atoms with Crippen molar-refractivity contribution in [1.82, 2.24) is 0 Å². The van der Waals surface area contributed by atoms with Crippen LogP contribution >= 0.6 is 0 Å². The highest BCUT2D eigenvalue weighted by molar-refractivity contribution is 5.67. The van der Waals surface area contributed by atoms with Gasteiger partial charge in [-0.25, -0.2) is 0 Å². The number of rotatable bonds is 10. The summed E-state index contributed by atoms with van der Waals surface area (Å²) in [6, 6.07) is 0. The monoisotopic (exact) mass is 240 g/mol. The van der Waals surface area contributed by atoms with Gasteiger partial charge in [-0.15, -0.1) is 0 Å². The zero-order valence-corrected chi connectivity index (χ0v) is 11.8. The van der Waals surface area contributed by atoms with E-state index in [0.717, 1.165) is 31.4 Å². The number of unbranched alkanes of at least 4 members (excludes halogenated alkanes) is 6. The SMILES string of the molecule is CCCC=C(CCCCCCCC)OC(C)=O. The van der Waals surface area contributed by atoms with Crippen LogP contribution in [0.3, 0.4) is 0 Å². The zero-order chi connectivity index (χ0) is 12.9. The molecule has 0 aromatic rings. The fraction of sp³-hybridized carbons (Fsp3) is 0.800. The lowest BCUT2D eigenvalue weighted by Crippen LogP contribution is -1.99. The number of esters is 1. The van der Waals surface area contributed by atoms with Gasteiger partial charge in [-0.1, -0.05) is 52.4 Å². The number of ether oxygens (including phenoxy) is 1. The van der Waals surface area contributed by atoms with Crippen molar-refractivity contribution < 1.29 is 9.53 Å². The molecule has 0 aliphatic heterocycles. The third-order valence-electron chi connectivity index (χ3n) is 2.71. The van der Waals surface area contributed by atoms with Crippen molar-refractivity contribution in [2.45, 2.75) is 78.6 Å². The van der Waals surface area contributed by atoms with Crippen molar-refractivity contribution in [3.63, 3.8) is 0 Å². The Morgan fingerprint density at radius 2 is 1.65 bits per heavy atom. The van der Waals surface area contributed by atoms with Crippen LogP contribution in [0.4, 0.5) is 0 Å². The largest absolute Gasteiger partial charge is 0.432 e. The molecule has 2 heteroatoms. The maximum absolute atomic E-state index is 10.9. The first-order valence-corrected chi connectivity index (χ1v) is 7.08. The highest BCUT2D eigenvalue weighted by atomic mass is 16.5. The Labute approximate surface area is 106 Å². The molecule has 0 rings (SSSR count). The molecule has 0 N–H and O–H groups in total. The molecule has 0 aliphatic carbocycles. The molecule has 0 atom stereocenters. The summed E-state index contributed by atoms with van der Waals surface area (Å²) in [6.45, 7) is 5.83. The Kier molecular flexibility index (Phi) is 11.1. The molecular formula is C15H28O2. The van der Waals surface area contributed by atoms with E-state index in [-0.39, 0.29) is 5.97 Å². The maximum Gasteiger partial charge on any atom is 0.307 e. The number of hydrogen-bond donors (Lipinski definition) is 0. The van der Waals surface area contributed by atoms with Crippen LogP contribution in [-0.2, 0) is 9.53 Å². The Balaban J connectivity index is 3.72. The number of carbonyl (C=O) groups is 1. The molecule has 0 spiro atoms. The van der Waals surface area contributed by atoms with Gasteiger partial charge in [-0.05, 0) is 18.9 Å². The highest BCUT2D eigenvalue weighted by Crippen LogP contribution is 2.14. The summed E-state index contributed by atoms with van der Waals surface area (Å²) in [7, 11) is 0. The molecule has 0 aromatic heterocycles. The molecule has 0 fully saturated rings. The highest BCUT2D eigenvalue weighted by Gasteiger charge is 2.02. The van der Waals surface area contributed by atoms with Crippen LogP contribution in [-0.4, -0.2) is 5.97 Å². The second-order valence-corrected chi connectivity index (χ2v) is 4.57. The molecular weight excluding hydrogens is 212 g/mol. The molecule has 0 aliphatic rings. The second-order valence-electron chi connectivity index (χ2n) is 4.57. The number of carbonyl (C=O) groups excluding carboxylic acids is 1. The van der Waals surface area contributed by atoms with Gasteiger partial charge in [0.25, 0.3) is 0 Å². The van der Waals surface area contributed by atoms with Crippen LogP contribution in [0.15, 0.2) is 11.8 Å². The van der Waals surface area contributed by atoms with Gasteiger partial charge in [0.1, 0.15) is 5.76 Å². The zero-order valence-electron chi connectivity index (χ0n) is 11.8. The minimum absolute atomic E-state index is 0.196. The molecule has 0 aromatic carbocycles. The first-order valence-electron chi connectivity index (χ1n) is 7.08. The van der Waals surface area contributed by atoms with Crippen LogP contribution in [0.2, 0.25) is 0 Å². The Morgan fingerprint density at radius 3 is 2.24 bits per heavy atom. The van der Waals surface area contributed by atoms with E-state index in [1.165, 1.54) is 39.0 Å². The van der Waals surface area contributed by atoms with Gasteiger partial charge in [-0.2, -0.15) is 0 Å². The van der Waals surface area contributed by atoms with Crippen molar-refractivity contribution in [3.8, 4) is 0 Å². The standard InChI is InChI=1S/C15H28O2/c1-4-6-8-9-10-11-13-15(12-7-5-2)17-14(3)16/h12H,4-11,13H2,1-3H3. The Bertz CT molecular complexity index is 219. The fourth-order valence-electron chi connectivity index (χ4n) is 1.76. The summed E-state index contributed by atoms with van der Waals surface area (Å²) in [5.74, 6) is 0.674. The van der Waals surface area contributed by atoms with Crippen LogP contribution in [0.25, 0.3) is 0 Å². The summed E-state index contributed by atoms with van der Waals surface area (Å²) < 4.78 is 5.20. The van der Waals surface area contributed by atoms with E-state index in [1.54, 1.807) is 0 Å². The molecule has 17 heavy (non-hydrogen) atoms. The molecule has 0 bridgehead atoms. The normalized spacial score (nSPS) is 11.6. The van der Waals surface area contributed by atoms with Crippen molar-refractivity contribution in [3.05, 3.63) is 11.8 Å². The topological polar surface area (TPSA) is 26.3 Å². The van der Waals surface area contributed by atoms with Gasteiger partial charge in [0.15, 0.2) is 0 Å². The predicted octanol–water partition coefficient (Wildman–Crippen LogP) is 4.98. The Hall–Kier alpha value is -0.790. The van der Waals surface area contributed by atoms with Crippen molar-refractivity contribution >= 4 is 5.97 Å². The molecule has 0 amide bonds. The molecule has 100 valence electrons. The quantitative estimate of drug-likeness (QED) is 0.306.